The largest absolute Gasteiger partial charge is 0.480 e. The van der Waals surface area contributed by atoms with Crippen LogP contribution in [0.15, 0.2) is 0 Å². The molecule has 104 valence electrons. The normalized spacial score (nSPS) is 23.4. The Bertz CT molecular complexity index is 311. The third kappa shape index (κ3) is 3.69. The summed E-state index contributed by atoms with van der Waals surface area (Å²) in [7, 11) is 0. The summed E-state index contributed by atoms with van der Waals surface area (Å²) in [6, 6.07) is 0.825. The maximum absolute atomic E-state index is 11.5. The summed E-state index contributed by atoms with van der Waals surface area (Å²) in [6.45, 7) is 7.54. The molecular weight excluding hydrogens is 228 g/mol. The molecule has 2 rings (SSSR count). The number of rotatable bonds is 8. The van der Waals surface area contributed by atoms with Crippen molar-refractivity contribution in [2.75, 3.05) is 13.1 Å². The van der Waals surface area contributed by atoms with Crippen molar-refractivity contribution in [1.82, 2.24) is 10.2 Å². The van der Waals surface area contributed by atoms with E-state index in [0.29, 0.717) is 12.6 Å². The minimum atomic E-state index is -0.828. The third-order valence-electron chi connectivity index (χ3n) is 3.85. The van der Waals surface area contributed by atoms with Gasteiger partial charge in [0.15, 0.2) is 0 Å². The number of carboxylic acid groups (broad SMARTS) is 1. The summed E-state index contributed by atoms with van der Waals surface area (Å²) in [5, 5.41) is 12.7. The lowest BCUT2D eigenvalue weighted by Crippen LogP contribution is -2.59. The molecule has 1 atom stereocenters. The topological polar surface area (TPSA) is 52.6 Å². The summed E-state index contributed by atoms with van der Waals surface area (Å²) in [6.07, 6.45) is 5.13. The summed E-state index contributed by atoms with van der Waals surface area (Å²) in [4.78, 5) is 14.0. The van der Waals surface area contributed by atoms with Crippen LogP contribution in [-0.2, 0) is 4.79 Å². The molecule has 18 heavy (non-hydrogen) atoms. The molecule has 4 heteroatoms. The Hall–Kier alpha value is -0.610. The van der Waals surface area contributed by atoms with Gasteiger partial charge >= 0.3 is 5.97 Å². The molecule has 2 N–H and O–H groups in total. The van der Waals surface area contributed by atoms with Gasteiger partial charge in [0.1, 0.15) is 5.54 Å². The minimum absolute atomic E-state index is 0.188. The van der Waals surface area contributed by atoms with Crippen LogP contribution >= 0.6 is 0 Å². The van der Waals surface area contributed by atoms with Crippen molar-refractivity contribution in [1.29, 1.82) is 0 Å². The van der Waals surface area contributed by atoms with Crippen LogP contribution < -0.4 is 5.32 Å². The SMILES string of the molecule is CC(C)NC(C)(CN(CC1CC1)C1CC1)C(=O)O. The summed E-state index contributed by atoms with van der Waals surface area (Å²) < 4.78 is 0. The van der Waals surface area contributed by atoms with Gasteiger partial charge in [-0.25, -0.2) is 0 Å². The highest BCUT2D eigenvalue weighted by Crippen LogP contribution is 2.35. The second-order valence-corrected chi connectivity index (χ2v) is 6.54. The molecular formula is C14H26N2O2. The zero-order valence-electron chi connectivity index (χ0n) is 11.8. The lowest BCUT2D eigenvalue weighted by Gasteiger charge is -2.34. The quantitative estimate of drug-likeness (QED) is 0.692. The van der Waals surface area contributed by atoms with Gasteiger partial charge in [-0.15, -0.1) is 0 Å². The molecule has 0 amide bonds. The van der Waals surface area contributed by atoms with E-state index >= 15 is 0 Å². The third-order valence-corrected chi connectivity index (χ3v) is 3.85. The fourth-order valence-corrected chi connectivity index (χ4v) is 2.63. The zero-order chi connectivity index (χ0) is 13.3. The Morgan fingerprint density at radius 1 is 1.39 bits per heavy atom. The van der Waals surface area contributed by atoms with E-state index in [1.807, 2.05) is 20.8 Å². The number of carbonyl (C=O) groups is 1. The fraction of sp³-hybridized carbons (Fsp3) is 0.929. The molecule has 0 heterocycles. The molecule has 4 nitrogen and oxygen atoms in total. The average Bonchev–Trinajstić information content (AvgIpc) is 3.10. The minimum Gasteiger partial charge on any atom is -0.480 e. The number of nitrogens with zero attached hydrogens (tertiary/aromatic N) is 1. The Morgan fingerprint density at radius 3 is 2.39 bits per heavy atom. The van der Waals surface area contributed by atoms with E-state index in [1.54, 1.807) is 0 Å². The van der Waals surface area contributed by atoms with Crippen LogP contribution in [0.5, 0.6) is 0 Å². The number of carboxylic acids is 1. The lowest BCUT2D eigenvalue weighted by molar-refractivity contribution is -0.145. The van der Waals surface area contributed by atoms with Gasteiger partial charge in [0, 0.05) is 25.2 Å². The number of aliphatic carboxylic acids is 1. The molecule has 0 aromatic rings. The van der Waals surface area contributed by atoms with Crippen molar-refractivity contribution >= 4 is 5.97 Å². The second-order valence-electron chi connectivity index (χ2n) is 6.54. The van der Waals surface area contributed by atoms with E-state index in [1.165, 1.54) is 25.7 Å². The van der Waals surface area contributed by atoms with Crippen LogP contribution in [0.1, 0.15) is 46.5 Å². The first-order chi connectivity index (χ1) is 8.40. The van der Waals surface area contributed by atoms with Crippen LogP contribution in [-0.4, -0.2) is 46.7 Å². The van der Waals surface area contributed by atoms with Gasteiger partial charge in [-0.1, -0.05) is 0 Å². The van der Waals surface area contributed by atoms with E-state index in [2.05, 4.69) is 10.2 Å². The van der Waals surface area contributed by atoms with Crippen molar-refractivity contribution in [3.8, 4) is 0 Å². The number of hydrogen-bond acceptors (Lipinski definition) is 3. The highest BCUT2D eigenvalue weighted by atomic mass is 16.4. The van der Waals surface area contributed by atoms with E-state index in [0.717, 1.165) is 12.5 Å². The molecule has 0 aliphatic heterocycles. The molecule has 0 spiro atoms. The van der Waals surface area contributed by atoms with Gasteiger partial charge in [-0.3, -0.25) is 15.0 Å². The van der Waals surface area contributed by atoms with Gasteiger partial charge in [0.25, 0.3) is 0 Å². The first-order valence-corrected chi connectivity index (χ1v) is 7.16. The maximum atomic E-state index is 11.5. The molecule has 2 saturated carbocycles. The van der Waals surface area contributed by atoms with Gasteiger partial charge in [-0.05, 0) is 52.4 Å². The first-order valence-electron chi connectivity index (χ1n) is 7.16. The molecule has 2 aliphatic carbocycles. The Kier molecular flexibility index (Phi) is 3.97. The van der Waals surface area contributed by atoms with Gasteiger partial charge in [0.2, 0.25) is 0 Å². The molecule has 0 aromatic heterocycles. The van der Waals surface area contributed by atoms with Crippen molar-refractivity contribution in [2.24, 2.45) is 5.92 Å². The van der Waals surface area contributed by atoms with E-state index in [-0.39, 0.29) is 6.04 Å². The van der Waals surface area contributed by atoms with Crippen molar-refractivity contribution in [2.45, 2.75) is 64.1 Å². The average molecular weight is 254 g/mol. The number of nitrogens with one attached hydrogen (secondary N) is 1. The van der Waals surface area contributed by atoms with Crippen LogP contribution in [0.4, 0.5) is 0 Å². The van der Waals surface area contributed by atoms with Crippen LogP contribution in [0, 0.1) is 5.92 Å². The summed E-state index contributed by atoms with van der Waals surface area (Å²) in [5.41, 5.74) is -0.828. The zero-order valence-corrected chi connectivity index (χ0v) is 11.8. The van der Waals surface area contributed by atoms with Crippen LogP contribution in [0.2, 0.25) is 0 Å². The Balaban J connectivity index is 1.97. The van der Waals surface area contributed by atoms with Crippen molar-refractivity contribution < 1.29 is 9.90 Å². The molecule has 2 aliphatic rings. The first kappa shape index (κ1) is 13.8. The predicted molar refractivity (Wildman–Crippen MR) is 71.6 cm³/mol. The van der Waals surface area contributed by atoms with Crippen LogP contribution in [0.25, 0.3) is 0 Å². The molecule has 0 aromatic carbocycles. The van der Waals surface area contributed by atoms with Gasteiger partial charge < -0.3 is 5.11 Å². The fourth-order valence-electron chi connectivity index (χ4n) is 2.63. The van der Waals surface area contributed by atoms with Crippen molar-refractivity contribution in [3.05, 3.63) is 0 Å². The lowest BCUT2D eigenvalue weighted by atomic mass is 10.00. The van der Waals surface area contributed by atoms with Gasteiger partial charge in [-0.2, -0.15) is 0 Å². The van der Waals surface area contributed by atoms with E-state index < -0.39 is 11.5 Å². The van der Waals surface area contributed by atoms with Crippen molar-refractivity contribution in [3.63, 3.8) is 0 Å². The molecule has 0 radical (unpaired) electrons. The molecule has 0 bridgehead atoms. The monoisotopic (exact) mass is 254 g/mol. The number of hydrogen-bond donors (Lipinski definition) is 2. The highest BCUT2D eigenvalue weighted by Gasteiger charge is 2.41. The summed E-state index contributed by atoms with van der Waals surface area (Å²) >= 11 is 0. The Labute approximate surface area is 110 Å². The van der Waals surface area contributed by atoms with E-state index in [4.69, 9.17) is 0 Å². The Morgan fingerprint density at radius 2 is 2.00 bits per heavy atom. The smallest absolute Gasteiger partial charge is 0.324 e. The van der Waals surface area contributed by atoms with E-state index in [9.17, 15) is 9.90 Å². The molecule has 0 saturated heterocycles. The van der Waals surface area contributed by atoms with Crippen LogP contribution in [0.3, 0.4) is 0 Å². The van der Waals surface area contributed by atoms with Gasteiger partial charge in [0.05, 0.1) is 0 Å². The highest BCUT2D eigenvalue weighted by molar-refractivity contribution is 5.78. The standard InChI is InChI=1S/C14H26N2O2/c1-10(2)15-14(3,13(17)18)9-16(12-6-7-12)8-11-4-5-11/h10-12,15H,4-9H2,1-3H3,(H,17,18). The predicted octanol–water partition coefficient (Wildman–Crippen LogP) is 1.70. The second kappa shape index (κ2) is 5.17. The molecule has 1 unspecified atom stereocenters. The summed E-state index contributed by atoms with van der Waals surface area (Å²) in [5.74, 6) is 0.0836. The maximum Gasteiger partial charge on any atom is 0.324 e. The molecule has 2 fully saturated rings.